The molecule has 3 N–H and O–H groups in total. The van der Waals surface area contributed by atoms with Gasteiger partial charge in [0.1, 0.15) is 0 Å². The van der Waals surface area contributed by atoms with Gasteiger partial charge in [-0.15, -0.1) is 0 Å². The Morgan fingerprint density at radius 2 is 1.83 bits per heavy atom. The normalized spacial score (nSPS) is 12.6. The molecule has 6 nitrogen and oxygen atoms in total. The number of carbonyl (C=O) groups is 2. The molecule has 0 unspecified atom stereocenters. The Bertz CT molecular complexity index is 1110. The van der Waals surface area contributed by atoms with E-state index < -0.39 is 5.91 Å². The number of hydrogen-bond acceptors (Lipinski definition) is 3. The average Bonchev–Trinajstić information content (AvgIpc) is 3.27. The fourth-order valence-corrected chi connectivity index (χ4v) is 3.46. The molecule has 0 spiro atoms. The van der Waals surface area contributed by atoms with Gasteiger partial charge in [-0.05, 0) is 24.1 Å². The van der Waals surface area contributed by atoms with Crippen LogP contribution in [-0.4, -0.2) is 34.2 Å². The fourth-order valence-electron chi connectivity index (χ4n) is 3.46. The molecule has 0 aliphatic carbocycles. The molecule has 2 amide bonds. The van der Waals surface area contributed by atoms with Crippen LogP contribution < -0.4 is 5.32 Å². The number of aromatic amines is 1. The summed E-state index contributed by atoms with van der Waals surface area (Å²) in [5.41, 5.74) is 3.52. The van der Waals surface area contributed by atoms with Crippen LogP contribution in [0.4, 0.5) is 0 Å². The molecular weight excluding hydrogens is 366 g/mol. The smallest absolute Gasteiger partial charge is 0.280 e. The highest BCUT2D eigenvalue weighted by molar-refractivity contribution is 6.30. The Balaban J connectivity index is 1.71. The van der Waals surface area contributed by atoms with E-state index in [9.17, 15) is 14.7 Å². The number of aliphatic imine (C=N–C) groups is 1. The molecule has 0 saturated carbocycles. The van der Waals surface area contributed by atoms with Crippen LogP contribution in [0.25, 0.3) is 11.3 Å². The maximum absolute atomic E-state index is 12.7. The number of aromatic nitrogens is 1. The summed E-state index contributed by atoms with van der Waals surface area (Å²) in [7, 11) is 0. The number of aromatic hydroxyl groups is 1. The lowest BCUT2D eigenvalue weighted by atomic mass is 9.99. The van der Waals surface area contributed by atoms with Crippen molar-refractivity contribution in [2.45, 2.75) is 19.8 Å². The standard InChI is InChI=1S/C23H21N3O3/c1-2-3-12-24-21(27)16-11-7-10-15(13-16)20-18-17(22(28)26-20)19(25-23(18)29)14-8-5-4-6-9-14/h4-11,13,26,28H,2-3,12H2,1H3,(H,24,27). The second kappa shape index (κ2) is 7.75. The molecule has 1 aliphatic rings. The van der Waals surface area contributed by atoms with Gasteiger partial charge in [-0.1, -0.05) is 55.8 Å². The number of H-pyrrole nitrogens is 1. The maximum Gasteiger partial charge on any atom is 0.280 e. The molecule has 146 valence electrons. The van der Waals surface area contributed by atoms with Gasteiger partial charge in [0.15, 0.2) is 5.88 Å². The molecule has 6 heteroatoms. The summed E-state index contributed by atoms with van der Waals surface area (Å²) in [5.74, 6) is -0.690. The van der Waals surface area contributed by atoms with Gasteiger partial charge in [0.05, 0.1) is 22.5 Å². The summed E-state index contributed by atoms with van der Waals surface area (Å²) in [6, 6.07) is 16.2. The van der Waals surface area contributed by atoms with E-state index in [1.54, 1.807) is 24.3 Å². The first kappa shape index (κ1) is 18.7. The van der Waals surface area contributed by atoms with Gasteiger partial charge in [0.25, 0.3) is 11.8 Å². The van der Waals surface area contributed by atoms with Crippen LogP contribution in [-0.2, 0) is 0 Å². The molecule has 1 aromatic heterocycles. The van der Waals surface area contributed by atoms with E-state index in [1.807, 2.05) is 30.3 Å². The van der Waals surface area contributed by atoms with Crippen molar-refractivity contribution in [1.29, 1.82) is 0 Å². The van der Waals surface area contributed by atoms with Crippen LogP contribution in [0.5, 0.6) is 5.88 Å². The molecule has 3 aromatic rings. The van der Waals surface area contributed by atoms with Crippen molar-refractivity contribution in [3.63, 3.8) is 0 Å². The van der Waals surface area contributed by atoms with Crippen LogP contribution in [0, 0.1) is 0 Å². The first-order valence-electron chi connectivity index (χ1n) is 9.62. The second-order valence-corrected chi connectivity index (χ2v) is 6.92. The summed E-state index contributed by atoms with van der Waals surface area (Å²) in [6.45, 7) is 2.68. The molecule has 0 saturated heterocycles. The van der Waals surface area contributed by atoms with Crippen LogP contribution in [0.3, 0.4) is 0 Å². The second-order valence-electron chi connectivity index (χ2n) is 6.92. The minimum absolute atomic E-state index is 0.110. The van der Waals surface area contributed by atoms with Crippen molar-refractivity contribution in [1.82, 2.24) is 10.3 Å². The topological polar surface area (TPSA) is 94.5 Å². The van der Waals surface area contributed by atoms with E-state index in [-0.39, 0.29) is 11.8 Å². The summed E-state index contributed by atoms with van der Waals surface area (Å²) in [4.78, 5) is 32.1. The van der Waals surface area contributed by atoms with Crippen molar-refractivity contribution >= 4 is 17.5 Å². The molecule has 0 atom stereocenters. The first-order chi connectivity index (χ1) is 14.1. The highest BCUT2D eigenvalue weighted by atomic mass is 16.3. The van der Waals surface area contributed by atoms with Crippen LogP contribution in [0.15, 0.2) is 59.6 Å². The molecule has 1 aliphatic heterocycles. The number of rotatable bonds is 6. The van der Waals surface area contributed by atoms with Gasteiger partial charge in [-0.25, -0.2) is 4.99 Å². The first-order valence-corrected chi connectivity index (χ1v) is 9.62. The highest BCUT2D eigenvalue weighted by Gasteiger charge is 2.33. The average molecular weight is 387 g/mol. The van der Waals surface area contributed by atoms with Gasteiger partial charge >= 0.3 is 0 Å². The number of amides is 2. The summed E-state index contributed by atoms with van der Waals surface area (Å²) < 4.78 is 0. The Hall–Kier alpha value is -3.67. The lowest BCUT2D eigenvalue weighted by Gasteiger charge is -2.06. The van der Waals surface area contributed by atoms with Crippen molar-refractivity contribution < 1.29 is 14.7 Å². The summed E-state index contributed by atoms with van der Waals surface area (Å²) in [5, 5.41) is 13.4. The summed E-state index contributed by atoms with van der Waals surface area (Å²) in [6.07, 6.45) is 1.91. The number of fused-ring (bicyclic) bond motifs is 1. The predicted molar refractivity (Wildman–Crippen MR) is 112 cm³/mol. The van der Waals surface area contributed by atoms with Crippen LogP contribution in [0.1, 0.15) is 51.6 Å². The third-order valence-corrected chi connectivity index (χ3v) is 4.92. The zero-order valence-electron chi connectivity index (χ0n) is 16.0. The van der Waals surface area contributed by atoms with E-state index in [4.69, 9.17) is 0 Å². The van der Waals surface area contributed by atoms with Crippen molar-refractivity contribution in [2.24, 2.45) is 4.99 Å². The number of hydrogen-bond donors (Lipinski definition) is 3. The maximum atomic E-state index is 12.7. The molecule has 0 bridgehead atoms. The molecule has 29 heavy (non-hydrogen) atoms. The Labute approximate surface area is 168 Å². The number of benzene rings is 2. The molecule has 0 fully saturated rings. The molecule has 4 rings (SSSR count). The highest BCUT2D eigenvalue weighted by Crippen LogP contribution is 2.38. The van der Waals surface area contributed by atoms with E-state index in [1.165, 1.54) is 0 Å². The Kier molecular flexibility index (Phi) is 4.99. The van der Waals surface area contributed by atoms with Crippen LogP contribution >= 0.6 is 0 Å². The van der Waals surface area contributed by atoms with Crippen molar-refractivity contribution in [2.75, 3.05) is 6.54 Å². The zero-order valence-corrected chi connectivity index (χ0v) is 16.0. The monoisotopic (exact) mass is 387 g/mol. The number of carbonyl (C=O) groups excluding carboxylic acids is 2. The number of nitrogens with one attached hydrogen (secondary N) is 2. The molecular formula is C23H21N3O3. The minimum atomic E-state index is -0.414. The van der Waals surface area contributed by atoms with E-state index in [0.29, 0.717) is 40.2 Å². The van der Waals surface area contributed by atoms with Crippen LogP contribution in [0.2, 0.25) is 0 Å². The quantitative estimate of drug-likeness (QED) is 0.560. The fraction of sp³-hybridized carbons (Fsp3) is 0.174. The van der Waals surface area contributed by atoms with Gasteiger partial charge in [-0.2, -0.15) is 0 Å². The summed E-state index contributed by atoms with van der Waals surface area (Å²) >= 11 is 0. The zero-order chi connectivity index (χ0) is 20.4. The number of unbranched alkanes of at least 4 members (excludes halogenated alkanes) is 1. The third kappa shape index (κ3) is 3.45. The van der Waals surface area contributed by atoms with Crippen molar-refractivity contribution in [3.05, 3.63) is 76.9 Å². The minimum Gasteiger partial charge on any atom is -0.494 e. The SMILES string of the molecule is CCCCNC(=O)c1cccc(-c2[nH]c(O)c3c2C(=O)N=C3c2ccccc2)c1. The van der Waals surface area contributed by atoms with Gasteiger partial charge in [0.2, 0.25) is 0 Å². The molecule has 2 aromatic carbocycles. The molecule has 2 heterocycles. The Morgan fingerprint density at radius 3 is 2.59 bits per heavy atom. The van der Waals surface area contributed by atoms with Gasteiger partial charge < -0.3 is 15.4 Å². The number of nitrogens with zero attached hydrogens (tertiary/aromatic N) is 1. The van der Waals surface area contributed by atoms with Gasteiger partial charge in [0, 0.05) is 17.7 Å². The predicted octanol–water partition coefficient (Wildman–Crippen LogP) is 3.91. The van der Waals surface area contributed by atoms with Crippen molar-refractivity contribution in [3.8, 4) is 17.1 Å². The Morgan fingerprint density at radius 1 is 1.07 bits per heavy atom. The largest absolute Gasteiger partial charge is 0.494 e. The van der Waals surface area contributed by atoms with E-state index >= 15 is 0 Å². The van der Waals surface area contributed by atoms with E-state index in [0.717, 1.165) is 18.4 Å². The molecule has 0 radical (unpaired) electrons. The van der Waals surface area contributed by atoms with E-state index in [2.05, 4.69) is 22.2 Å². The van der Waals surface area contributed by atoms with Gasteiger partial charge in [-0.3, -0.25) is 9.59 Å². The third-order valence-electron chi connectivity index (χ3n) is 4.92. The lowest BCUT2D eigenvalue weighted by molar-refractivity contribution is 0.0952. The lowest BCUT2D eigenvalue weighted by Crippen LogP contribution is -2.24.